The van der Waals surface area contributed by atoms with Crippen LogP contribution in [0, 0.1) is 0 Å². The van der Waals surface area contributed by atoms with Crippen molar-refractivity contribution < 1.29 is 19.0 Å². The molecule has 0 radical (unpaired) electrons. The van der Waals surface area contributed by atoms with Gasteiger partial charge in [0, 0.05) is 17.4 Å². The molecule has 2 aromatic rings. The van der Waals surface area contributed by atoms with Crippen LogP contribution in [0.25, 0.3) is 0 Å². The molecule has 3 N–H and O–H groups in total. The van der Waals surface area contributed by atoms with Gasteiger partial charge in [-0.15, -0.1) is 0 Å². The molecule has 0 aliphatic heterocycles. The van der Waals surface area contributed by atoms with Crippen molar-refractivity contribution in [3.05, 3.63) is 41.4 Å². The smallest absolute Gasteiger partial charge is 0.411 e. The number of anilines is 3. The first kappa shape index (κ1) is 19.6. The first-order valence-corrected chi connectivity index (χ1v) is 8.20. The molecule has 9 heteroatoms. The van der Waals surface area contributed by atoms with Gasteiger partial charge in [0.15, 0.2) is 5.11 Å². The lowest BCUT2D eigenvalue weighted by atomic mass is 10.2. The predicted octanol–water partition coefficient (Wildman–Crippen LogP) is 4.34. The van der Waals surface area contributed by atoms with E-state index in [-0.39, 0.29) is 0 Å². The Morgan fingerprint density at radius 1 is 0.923 bits per heavy atom. The van der Waals surface area contributed by atoms with Crippen molar-refractivity contribution in [3.8, 4) is 11.5 Å². The maximum absolute atomic E-state index is 11.2. The number of methoxy groups -OCH3 is 3. The molecule has 2 rings (SSSR count). The zero-order chi connectivity index (χ0) is 19.1. The molecular weight excluding hydrogens is 378 g/mol. The summed E-state index contributed by atoms with van der Waals surface area (Å²) < 4.78 is 15.0. The number of thiocarbonyl (C=S) groups is 1. The molecule has 1 amide bonds. The van der Waals surface area contributed by atoms with Gasteiger partial charge < -0.3 is 24.8 Å². The maximum Gasteiger partial charge on any atom is 0.411 e. The van der Waals surface area contributed by atoms with E-state index in [9.17, 15) is 4.79 Å². The van der Waals surface area contributed by atoms with Crippen LogP contribution < -0.4 is 25.4 Å². The summed E-state index contributed by atoms with van der Waals surface area (Å²) in [7, 11) is 4.37. The Morgan fingerprint density at radius 2 is 1.50 bits per heavy atom. The van der Waals surface area contributed by atoms with E-state index in [1.165, 1.54) is 21.3 Å². The zero-order valence-corrected chi connectivity index (χ0v) is 16.0. The van der Waals surface area contributed by atoms with Crippen LogP contribution in [0.15, 0.2) is 36.4 Å². The third kappa shape index (κ3) is 5.14. The van der Waals surface area contributed by atoms with Crippen molar-refractivity contribution in [2.24, 2.45) is 0 Å². The quantitative estimate of drug-likeness (QED) is 0.649. The largest absolute Gasteiger partial charge is 0.495 e. The summed E-state index contributed by atoms with van der Waals surface area (Å²) in [6.45, 7) is 0. The molecule has 0 saturated heterocycles. The van der Waals surface area contributed by atoms with Gasteiger partial charge in [0.25, 0.3) is 0 Å². The minimum atomic E-state index is -0.536. The summed E-state index contributed by atoms with van der Waals surface area (Å²) in [5.41, 5.74) is 1.93. The van der Waals surface area contributed by atoms with E-state index in [1.807, 2.05) is 0 Å². The lowest BCUT2D eigenvalue weighted by Gasteiger charge is -2.15. The van der Waals surface area contributed by atoms with E-state index < -0.39 is 6.09 Å². The lowest BCUT2D eigenvalue weighted by Crippen LogP contribution is -2.19. The molecule has 26 heavy (non-hydrogen) atoms. The minimum absolute atomic E-state index is 0.346. The molecule has 0 spiro atoms. The zero-order valence-electron chi connectivity index (χ0n) is 14.4. The second-order valence-electron chi connectivity index (χ2n) is 4.96. The van der Waals surface area contributed by atoms with Crippen molar-refractivity contribution in [2.75, 3.05) is 37.3 Å². The van der Waals surface area contributed by atoms with Crippen LogP contribution in [0.5, 0.6) is 11.5 Å². The van der Waals surface area contributed by atoms with E-state index in [0.29, 0.717) is 33.0 Å². The van der Waals surface area contributed by atoms with Crippen LogP contribution in [0.3, 0.4) is 0 Å². The number of hydrogen-bond donors (Lipinski definition) is 3. The number of rotatable bonds is 5. The second kappa shape index (κ2) is 9.12. The fourth-order valence-corrected chi connectivity index (χ4v) is 2.52. The van der Waals surface area contributed by atoms with Gasteiger partial charge in [-0.2, -0.15) is 0 Å². The van der Waals surface area contributed by atoms with Crippen molar-refractivity contribution in [3.63, 3.8) is 0 Å². The highest BCUT2D eigenvalue weighted by Gasteiger charge is 2.11. The molecular formula is C17H18ClN3O4S. The summed E-state index contributed by atoms with van der Waals surface area (Å²) in [5.74, 6) is 1.04. The van der Waals surface area contributed by atoms with E-state index in [1.54, 1.807) is 36.4 Å². The highest BCUT2D eigenvalue weighted by molar-refractivity contribution is 7.80. The number of benzene rings is 2. The highest BCUT2D eigenvalue weighted by atomic mass is 35.5. The van der Waals surface area contributed by atoms with Gasteiger partial charge in [0.1, 0.15) is 11.5 Å². The van der Waals surface area contributed by atoms with Crippen LogP contribution in [0.1, 0.15) is 0 Å². The number of nitrogens with one attached hydrogen (secondary N) is 3. The Labute approximate surface area is 161 Å². The molecule has 2 aromatic carbocycles. The average molecular weight is 396 g/mol. The van der Waals surface area contributed by atoms with Crippen LogP contribution in [-0.2, 0) is 4.74 Å². The topological polar surface area (TPSA) is 80.9 Å². The lowest BCUT2D eigenvalue weighted by molar-refractivity contribution is 0.187. The van der Waals surface area contributed by atoms with Crippen LogP contribution in [-0.4, -0.2) is 32.5 Å². The number of hydrogen-bond acceptors (Lipinski definition) is 5. The maximum atomic E-state index is 11.2. The van der Waals surface area contributed by atoms with E-state index >= 15 is 0 Å². The van der Waals surface area contributed by atoms with Crippen LogP contribution in [0.2, 0.25) is 5.02 Å². The Bertz CT molecular complexity index is 799. The molecule has 0 atom stereocenters. The first-order valence-electron chi connectivity index (χ1n) is 7.41. The van der Waals surface area contributed by atoms with Crippen LogP contribution in [0.4, 0.5) is 21.9 Å². The Kier molecular flexibility index (Phi) is 6.88. The third-order valence-corrected chi connectivity index (χ3v) is 3.80. The second-order valence-corrected chi connectivity index (χ2v) is 5.78. The van der Waals surface area contributed by atoms with Crippen molar-refractivity contribution >= 4 is 52.1 Å². The van der Waals surface area contributed by atoms with E-state index in [0.717, 1.165) is 5.69 Å². The molecule has 0 fully saturated rings. The summed E-state index contributed by atoms with van der Waals surface area (Å²) >= 11 is 11.5. The molecule has 0 saturated carbocycles. The average Bonchev–Trinajstić information content (AvgIpc) is 2.63. The monoisotopic (exact) mass is 395 g/mol. The molecule has 0 unspecified atom stereocenters. The molecule has 0 bridgehead atoms. The van der Waals surface area contributed by atoms with Gasteiger partial charge >= 0.3 is 6.09 Å². The minimum Gasteiger partial charge on any atom is -0.495 e. The molecule has 7 nitrogen and oxygen atoms in total. The Morgan fingerprint density at radius 3 is 2.04 bits per heavy atom. The fraction of sp³-hybridized carbons (Fsp3) is 0.176. The van der Waals surface area contributed by atoms with Crippen LogP contribution >= 0.6 is 23.8 Å². The van der Waals surface area contributed by atoms with Gasteiger partial charge in [0.2, 0.25) is 0 Å². The molecule has 0 aliphatic carbocycles. The number of carbonyl (C=O) groups excluding carboxylic acids is 1. The molecule has 0 aromatic heterocycles. The van der Waals surface area contributed by atoms with Gasteiger partial charge in [0.05, 0.1) is 32.0 Å². The summed E-state index contributed by atoms with van der Waals surface area (Å²) in [5, 5.41) is 9.39. The standard InChI is InChI=1S/C17H18ClN3O4S/c1-23-14-9-15(24-2)13(8-12(14)18)21-16(26)19-10-4-6-11(7-5-10)20-17(22)25-3/h4-9H,1-3H3,(H,20,22)(H2,19,21,26). The molecule has 0 heterocycles. The van der Waals surface area contributed by atoms with Crippen molar-refractivity contribution in [1.82, 2.24) is 0 Å². The Hall–Kier alpha value is -2.71. The summed E-state index contributed by atoms with van der Waals surface area (Å²) in [6.07, 6.45) is -0.536. The number of ether oxygens (including phenoxy) is 3. The molecule has 138 valence electrons. The number of carbonyl (C=O) groups is 1. The molecule has 0 aliphatic rings. The Balaban J connectivity index is 2.04. The number of halogens is 1. The highest BCUT2D eigenvalue weighted by Crippen LogP contribution is 2.35. The van der Waals surface area contributed by atoms with Gasteiger partial charge in [-0.05, 0) is 42.5 Å². The summed E-state index contributed by atoms with van der Waals surface area (Å²) in [6, 6.07) is 10.3. The first-order chi connectivity index (χ1) is 12.5. The summed E-state index contributed by atoms with van der Waals surface area (Å²) in [4.78, 5) is 11.2. The number of amides is 1. The van der Waals surface area contributed by atoms with Gasteiger partial charge in [-0.3, -0.25) is 5.32 Å². The predicted molar refractivity (Wildman–Crippen MR) is 107 cm³/mol. The SMILES string of the molecule is COC(=O)Nc1ccc(NC(=S)Nc2cc(Cl)c(OC)cc2OC)cc1. The normalized spacial score (nSPS) is 9.85. The van der Waals surface area contributed by atoms with Gasteiger partial charge in [-0.25, -0.2) is 4.79 Å². The van der Waals surface area contributed by atoms with Gasteiger partial charge in [-0.1, -0.05) is 11.6 Å². The third-order valence-electron chi connectivity index (χ3n) is 3.30. The van der Waals surface area contributed by atoms with E-state index in [2.05, 4.69) is 20.7 Å². The van der Waals surface area contributed by atoms with E-state index in [4.69, 9.17) is 33.3 Å². The fourth-order valence-electron chi connectivity index (χ4n) is 2.05. The van der Waals surface area contributed by atoms with Crippen molar-refractivity contribution in [2.45, 2.75) is 0 Å². The van der Waals surface area contributed by atoms with Crippen molar-refractivity contribution in [1.29, 1.82) is 0 Å².